The Morgan fingerprint density at radius 3 is 3.00 bits per heavy atom. The van der Waals surface area contributed by atoms with Crippen molar-refractivity contribution in [1.82, 2.24) is 4.90 Å². The maximum absolute atomic E-state index is 10.5. The van der Waals surface area contributed by atoms with Gasteiger partial charge in [0.25, 0.3) is 0 Å². The minimum Gasteiger partial charge on any atom is -0.302 e. The number of nitrogens with zero attached hydrogens (tertiary/aromatic N) is 1. The normalized spacial score (nSPS) is 45.4. The number of rotatable bonds is 1. The van der Waals surface area contributed by atoms with Crippen LogP contribution >= 0.6 is 0 Å². The highest BCUT2D eigenvalue weighted by atomic mass is 16.1. The molecule has 0 aromatic heterocycles. The third-order valence-corrected chi connectivity index (χ3v) is 2.81. The molecule has 0 N–H and O–H groups in total. The van der Waals surface area contributed by atoms with Gasteiger partial charge in [0.2, 0.25) is 0 Å². The zero-order chi connectivity index (χ0) is 6.97. The van der Waals surface area contributed by atoms with Crippen molar-refractivity contribution in [3.63, 3.8) is 0 Å². The fourth-order valence-electron chi connectivity index (χ4n) is 2.14. The van der Waals surface area contributed by atoms with Gasteiger partial charge in [-0.05, 0) is 31.7 Å². The first-order valence-electron chi connectivity index (χ1n) is 4.09. The monoisotopic (exact) mass is 139 g/mol. The minimum absolute atomic E-state index is 0.263. The summed E-state index contributed by atoms with van der Waals surface area (Å²) in [6, 6.07) is 0.263. The van der Waals surface area contributed by atoms with Gasteiger partial charge >= 0.3 is 0 Å². The van der Waals surface area contributed by atoms with E-state index in [2.05, 4.69) is 4.90 Å². The number of piperidine rings is 1. The van der Waals surface area contributed by atoms with Gasteiger partial charge in [-0.25, -0.2) is 0 Å². The van der Waals surface area contributed by atoms with Crippen LogP contribution in [0.15, 0.2) is 0 Å². The van der Waals surface area contributed by atoms with Crippen LogP contribution in [0.25, 0.3) is 0 Å². The molecule has 2 rings (SSSR count). The van der Waals surface area contributed by atoms with Crippen LogP contribution in [0.3, 0.4) is 0 Å². The smallest absolute Gasteiger partial charge is 0.137 e. The van der Waals surface area contributed by atoms with E-state index < -0.39 is 0 Å². The standard InChI is InChI=1S/C8H13NO/c10-6-8-2-1-7-3-4-9(8)5-7/h6-8H,1-5H2. The first-order valence-corrected chi connectivity index (χ1v) is 4.09. The Balaban J connectivity index is 2.06. The number of carbonyl (C=O) groups excluding carboxylic acids is 1. The topological polar surface area (TPSA) is 20.3 Å². The molecule has 2 heteroatoms. The van der Waals surface area contributed by atoms with Crippen LogP contribution in [-0.4, -0.2) is 30.3 Å². The van der Waals surface area contributed by atoms with E-state index in [0.29, 0.717) is 0 Å². The molecule has 0 spiro atoms. The lowest BCUT2D eigenvalue weighted by molar-refractivity contribution is -0.112. The third-order valence-electron chi connectivity index (χ3n) is 2.81. The highest BCUT2D eigenvalue weighted by Gasteiger charge is 2.32. The molecule has 0 amide bonds. The Kier molecular flexibility index (Phi) is 1.49. The van der Waals surface area contributed by atoms with Crippen LogP contribution < -0.4 is 0 Å². The summed E-state index contributed by atoms with van der Waals surface area (Å²) in [4.78, 5) is 12.8. The highest BCUT2D eigenvalue weighted by Crippen LogP contribution is 2.29. The van der Waals surface area contributed by atoms with Crippen molar-refractivity contribution in [3.8, 4) is 0 Å². The zero-order valence-electron chi connectivity index (χ0n) is 6.12. The first-order chi connectivity index (χ1) is 4.90. The molecule has 0 aromatic carbocycles. The Bertz CT molecular complexity index is 146. The van der Waals surface area contributed by atoms with E-state index in [1.807, 2.05) is 0 Å². The molecule has 0 aliphatic carbocycles. The molecule has 10 heavy (non-hydrogen) atoms. The molecule has 2 heterocycles. The van der Waals surface area contributed by atoms with Gasteiger partial charge in [-0.1, -0.05) is 0 Å². The molecular formula is C8H13NO. The molecule has 0 saturated carbocycles. The second kappa shape index (κ2) is 2.35. The molecule has 3 unspecified atom stereocenters. The van der Waals surface area contributed by atoms with E-state index in [1.165, 1.54) is 19.4 Å². The lowest BCUT2D eigenvalue weighted by Crippen LogP contribution is -2.37. The van der Waals surface area contributed by atoms with E-state index in [9.17, 15) is 4.79 Å². The molecule has 3 atom stereocenters. The molecule has 2 aliphatic heterocycles. The fourth-order valence-corrected chi connectivity index (χ4v) is 2.14. The van der Waals surface area contributed by atoms with Crippen LogP contribution in [0.4, 0.5) is 0 Å². The Hall–Kier alpha value is -0.370. The second-order valence-electron chi connectivity index (χ2n) is 3.43. The molecule has 2 saturated heterocycles. The largest absolute Gasteiger partial charge is 0.302 e. The zero-order valence-corrected chi connectivity index (χ0v) is 6.12. The molecule has 2 aliphatic rings. The van der Waals surface area contributed by atoms with E-state index in [0.717, 1.165) is 25.2 Å². The summed E-state index contributed by atoms with van der Waals surface area (Å²) in [5.41, 5.74) is 0. The van der Waals surface area contributed by atoms with E-state index in [-0.39, 0.29) is 6.04 Å². The fraction of sp³-hybridized carbons (Fsp3) is 0.875. The van der Waals surface area contributed by atoms with E-state index in [1.54, 1.807) is 0 Å². The maximum atomic E-state index is 10.5. The van der Waals surface area contributed by atoms with Crippen molar-refractivity contribution in [2.24, 2.45) is 5.92 Å². The van der Waals surface area contributed by atoms with Gasteiger partial charge < -0.3 is 4.79 Å². The van der Waals surface area contributed by atoms with Crippen molar-refractivity contribution >= 4 is 6.29 Å². The van der Waals surface area contributed by atoms with Gasteiger partial charge in [-0.15, -0.1) is 0 Å². The summed E-state index contributed by atoms with van der Waals surface area (Å²) in [5, 5.41) is 0. The molecule has 2 nitrogen and oxygen atoms in total. The summed E-state index contributed by atoms with van der Waals surface area (Å²) in [6.07, 6.45) is 4.82. The number of hydrogen-bond acceptors (Lipinski definition) is 2. The number of fused-ring (bicyclic) bond motifs is 2. The van der Waals surface area contributed by atoms with Crippen molar-refractivity contribution in [2.45, 2.75) is 25.3 Å². The molecule has 2 bridgehead atoms. The van der Waals surface area contributed by atoms with Gasteiger partial charge in [-0.3, -0.25) is 4.90 Å². The number of aldehydes is 1. The van der Waals surface area contributed by atoms with Crippen molar-refractivity contribution in [3.05, 3.63) is 0 Å². The van der Waals surface area contributed by atoms with Crippen LogP contribution in [-0.2, 0) is 4.79 Å². The van der Waals surface area contributed by atoms with Crippen LogP contribution in [0, 0.1) is 5.92 Å². The quantitative estimate of drug-likeness (QED) is 0.498. The van der Waals surface area contributed by atoms with Crippen molar-refractivity contribution in [1.29, 1.82) is 0 Å². The maximum Gasteiger partial charge on any atom is 0.137 e. The summed E-state index contributed by atoms with van der Waals surface area (Å²) in [7, 11) is 0. The summed E-state index contributed by atoms with van der Waals surface area (Å²) < 4.78 is 0. The molecule has 0 aromatic rings. The van der Waals surface area contributed by atoms with E-state index >= 15 is 0 Å². The second-order valence-corrected chi connectivity index (χ2v) is 3.43. The van der Waals surface area contributed by atoms with Crippen LogP contribution in [0.2, 0.25) is 0 Å². The van der Waals surface area contributed by atoms with Gasteiger partial charge in [0.05, 0.1) is 6.04 Å². The van der Waals surface area contributed by atoms with Gasteiger partial charge in [0.1, 0.15) is 6.29 Å². The first kappa shape index (κ1) is 6.35. The lowest BCUT2D eigenvalue weighted by Gasteiger charge is -2.27. The van der Waals surface area contributed by atoms with Crippen molar-refractivity contribution in [2.75, 3.05) is 13.1 Å². The average molecular weight is 139 g/mol. The Morgan fingerprint density at radius 1 is 1.30 bits per heavy atom. The predicted octanol–water partition coefficient (Wildman–Crippen LogP) is 0.670. The molecule has 56 valence electrons. The Labute approximate surface area is 61.2 Å². The Morgan fingerprint density at radius 2 is 2.20 bits per heavy atom. The summed E-state index contributed by atoms with van der Waals surface area (Å²) >= 11 is 0. The van der Waals surface area contributed by atoms with E-state index in [4.69, 9.17) is 0 Å². The van der Waals surface area contributed by atoms with Crippen LogP contribution in [0.5, 0.6) is 0 Å². The molecule has 0 radical (unpaired) electrons. The highest BCUT2D eigenvalue weighted by molar-refractivity contribution is 5.57. The van der Waals surface area contributed by atoms with Gasteiger partial charge in [0, 0.05) is 6.54 Å². The van der Waals surface area contributed by atoms with Gasteiger partial charge in [-0.2, -0.15) is 0 Å². The SMILES string of the molecule is O=CC1CCC2CCN1C2. The lowest BCUT2D eigenvalue weighted by atomic mass is 9.97. The summed E-state index contributed by atoms with van der Waals surface area (Å²) in [5.74, 6) is 0.913. The average Bonchev–Trinajstić information content (AvgIpc) is 2.34. The summed E-state index contributed by atoms with van der Waals surface area (Å²) in [6.45, 7) is 2.34. The van der Waals surface area contributed by atoms with Crippen molar-refractivity contribution < 1.29 is 4.79 Å². The van der Waals surface area contributed by atoms with Gasteiger partial charge in [0.15, 0.2) is 0 Å². The number of carbonyl (C=O) groups is 1. The number of hydrogen-bond donors (Lipinski definition) is 0. The molecular weight excluding hydrogens is 126 g/mol. The predicted molar refractivity (Wildman–Crippen MR) is 38.8 cm³/mol. The van der Waals surface area contributed by atoms with Crippen LogP contribution in [0.1, 0.15) is 19.3 Å². The third kappa shape index (κ3) is 0.870. The minimum atomic E-state index is 0.263. The molecule has 2 fully saturated rings.